The summed E-state index contributed by atoms with van der Waals surface area (Å²) >= 11 is 0. The zero-order valence-electron chi connectivity index (χ0n) is 10.3. The Morgan fingerprint density at radius 3 is 2.62 bits per heavy atom. The average Bonchev–Trinajstić information content (AvgIpc) is 2.64. The summed E-state index contributed by atoms with van der Waals surface area (Å²) < 4.78 is 1.65. The van der Waals surface area contributed by atoms with Crippen LogP contribution in [0.3, 0.4) is 0 Å². The highest BCUT2D eigenvalue weighted by Gasteiger charge is 2.24. The van der Waals surface area contributed by atoms with Gasteiger partial charge in [-0.15, -0.1) is 0 Å². The Kier molecular flexibility index (Phi) is 4.06. The Morgan fingerprint density at radius 2 is 2.25 bits per heavy atom. The number of hydrogen-bond acceptors (Lipinski definition) is 3. The first kappa shape index (κ1) is 12.7. The maximum absolute atomic E-state index is 12.1. The van der Waals surface area contributed by atoms with Gasteiger partial charge in [0.15, 0.2) is 0 Å². The van der Waals surface area contributed by atoms with Gasteiger partial charge in [0.2, 0.25) is 5.91 Å². The molecule has 0 aliphatic rings. The van der Waals surface area contributed by atoms with E-state index in [0.717, 1.165) is 5.56 Å². The molecule has 0 spiro atoms. The van der Waals surface area contributed by atoms with Crippen LogP contribution in [0.5, 0.6) is 0 Å². The van der Waals surface area contributed by atoms with E-state index in [1.807, 2.05) is 20.8 Å². The van der Waals surface area contributed by atoms with Gasteiger partial charge in [0.1, 0.15) is 6.04 Å². The molecule has 1 atom stereocenters. The van der Waals surface area contributed by atoms with Gasteiger partial charge in [-0.3, -0.25) is 9.48 Å². The van der Waals surface area contributed by atoms with Gasteiger partial charge in [-0.25, -0.2) is 0 Å². The Bertz CT molecular complexity index is 359. The molecule has 2 N–H and O–H groups in total. The second-order valence-electron chi connectivity index (χ2n) is 4.14. The number of rotatable bonds is 4. The normalized spacial score (nSPS) is 12.9. The van der Waals surface area contributed by atoms with Crippen LogP contribution >= 0.6 is 0 Å². The van der Waals surface area contributed by atoms with Gasteiger partial charge in [-0.05, 0) is 20.8 Å². The lowest BCUT2D eigenvalue weighted by molar-refractivity contribution is -0.134. The molecule has 0 radical (unpaired) electrons. The molecule has 1 unspecified atom stereocenters. The second kappa shape index (κ2) is 5.12. The fourth-order valence-electron chi connectivity index (χ4n) is 1.70. The maximum Gasteiger partial charge on any atom is 0.244 e. The zero-order valence-corrected chi connectivity index (χ0v) is 10.3. The molecule has 0 fully saturated rings. The van der Waals surface area contributed by atoms with Crippen LogP contribution in [-0.2, 0) is 11.8 Å². The van der Waals surface area contributed by atoms with E-state index in [0.29, 0.717) is 6.54 Å². The molecule has 0 aliphatic carbocycles. The number of carbonyl (C=O) groups excluding carboxylic acids is 1. The van der Waals surface area contributed by atoms with Crippen molar-refractivity contribution in [1.29, 1.82) is 0 Å². The Labute approximate surface area is 96.2 Å². The minimum Gasteiger partial charge on any atom is -0.339 e. The SMILES string of the molecule is CCN(C(=O)C(N)c1cnn(C)c1)C(C)C. The summed E-state index contributed by atoms with van der Waals surface area (Å²) in [7, 11) is 1.81. The van der Waals surface area contributed by atoms with E-state index in [9.17, 15) is 4.79 Å². The van der Waals surface area contributed by atoms with E-state index in [2.05, 4.69) is 5.10 Å². The van der Waals surface area contributed by atoms with Crippen molar-refractivity contribution in [3.63, 3.8) is 0 Å². The molecule has 1 rings (SSSR count). The largest absolute Gasteiger partial charge is 0.339 e. The molecule has 1 heterocycles. The van der Waals surface area contributed by atoms with E-state index < -0.39 is 6.04 Å². The molecule has 0 aromatic carbocycles. The van der Waals surface area contributed by atoms with Crippen LogP contribution in [0.1, 0.15) is 32.4 Å². The smallest absolute Gasteiger partial charge is 0.244 e. The number of aromatic nitrogens is 2. The Morgan fingerprint density at radius 1 is 1.62 bits per heavy atom. The van der Waals surface area contributed by atoms with Gasteiger partial charge in [0.05, 0.1) is 6.20 Å². The van der Waals surface area contributed by atoms with Crippen LogP contribution in [0.4, 0.5) is 0 Å². The summed E-state index contributed by atoms with van der Waals surface area (Å²) in [4.78, 5) is 13.9. The zero-order chi connectivity index (χ0) is 12.3. The summed E-state index contributed by atoms with van der Waals surface area (Å²) in [5, 5.41) is 4.02. The molecule has 0 saturated heterocycles. The molecule has 1 amide bonds. The first-order valence-electron chi connectivity index (χ1n) is 5.52. The van der Waals surface area contributed by atoms with Crippen LogP contribution in [0.15, 0.2) is 12.4 Å². The molecule has 16 heavy (non-hydrogen) atoms. The summed E-state index contributed by atoms with van der Waals surface area (Å²) in [5.74, 6) is -0.0505. The molecule has 1 aromatic heterocycles. The number of nitrogens with zero attached hydrogens (tertiary/aromatic N) is 3. The van der Waals surface area contributed by atoms with Gasteiger partial charge in [0.25, 0.3) is 0 Å². The summed E-state index contributed by atoms with van der Waals surface area (Å²) in [5.41, 5.74) is 6.68. The van der Waals surface area contributed by atoms with Crippen molar-refractivity contribution in [2.75, 3.05) is 6.54 Å². The van der Waals surface area contributed by atoms with Gasteiger partial charge < -0.3 is 10.6 Å². The first-order valence-corrected chi connectivity index (χ1v) is 5.52. The molecule has 0 bridgehead atoms. The van der Waals surface area contributed by atoms with Crippen LogP contribution < -0.4 is 5.73 Å². The molecule has 90 valence electrons. The number of nitrogens with two attached hydrogens (primary N) is 1. The van der Waals surface area contributed by atoms with E-state index in [1.54, 1.807) is 29.0 Å². The van der Waals surface area contributed by atoms with E-state index in [-0.39, 0.29) is 11.9 Å². The number of carbonyl (C=O) groups is 1. The second-order valence-corrected chi connectivity index (χ2v) is 4.14. The molecule has 0 aliphatic heterocycles. The van der Waals surface area contributed by atoms with E-state index in [4.69, 9.17) is 5.73 Å². The van der Waals surface area contributed by atoms with Crippen molar-refractivity contribution in [1.82, 2.24) is 14.7 Å². The third-order valence-electron chi connectivity index (χ3n) is 2.60. The molecule has 1 aromatic rings. The highest BCUT2D eigenvalue weighted by Crippen LogP contribution is 2.13. The predicted octanol–water partition coefficient (Wildman–Crippen LogP) is 0.677. The lowest BCUT2D eigenvalue weighted by Crippen LogP contribution is -2.42. The minimum absolute atomic E-state index is 0.0505. The van der Waals surface area contributed by atoms with Crippen molar-refractivity contribution in [3.05, 3.63) is 18.0 Å². The standard InChI is InChI=1S/C11H20N4O/c1-5-15(8(2)3)11(16)10(12)9-6-13-14(4)7-9/h6-8,10H,5,12H2,1-4H3. The average molecular weight is 224 g/mol. The first-order chi connectivity index (χ1) is 7.47. The van der Waals surface area contributed by atoms with Crippen molar-refractivity contribution < 1.29 is 4.79 Å². The quantitative estimate of drug-likeness (QED) is 0.818. The summed E-state index contributed by atoms with van der Waals surface area (Å²) in [6.07, 6.45) is 3.41. The fraction of sp³-hybridized carbons (Fsp3) is 0.636. The summed E-state index contributed by atoms with van der Waals surface area (Å²) in [6.45, 7) is 6.59. The molecule has 5 heteroatoms. The van der Waals surface area contributed by atoms with Crippen LogP contribution in [0, 0.1) is 0 Å². The van der Waals surface area contributed by atoms with E-state index in [1.165, 1.54) is 0 Å². The highest BCUT2D eigenvalue weighted by molar-refractivity contribution is 5.83. The Hall–Kier alpha value is -1.36. The predicted molar refractivity (Wildman–Crippen MR) is 62.7 cm³/mol. The molecular weight excluding hydrogens is 204 g/mol. The molecular formula is C11H20N4O. The Balaban J connectivity index is 2.81. The fourth-order valence-corrected chi connectivity index (χ4v) is 1.70. The van der Waals surface area contributed by atoms with Gasteiger partial charge >= 0.3 is 0 Å². The maximum atomic E-state index is 12.1. The van der Waals surface area contributed by atoms with E-state index >= 15 is 0 Å². The summed E-state index contributed by atoms with van der Waals surface area (Å²) in [6, 6.07) is -0.448. The van der Waals surface area contributed by atoms with Crippen molar-refractivity contribution in [3.8, 4) is 0 Å². The monoisotopic (exact) mass is 224 g/mol. The van der Waals surface area contributed by atoms with Crippen molar-refractivity contribution in [2.24, 2.45) is 12.8 Å². The lowest BCUT2D eigenvalue weighted by Gasteiger charge is -2.27. The van der Waals surface area contributed by atoms with Gasteiger partial charge in [0, 0.05) is 31.4 Å². The van der Waals surface area contributed by atoms with Gasteiger partial charge in [-0.1, -0.05) is 0 Å². The number of aryl methyl sites for hydroxylation is 1. The van der Waals surface area contributed by atoms with Crippen LogP contribution in [0.25, 0.3) is 0 Å². The van der Waals surface area contributed by atoms with Crippen LogP contribution in [-0.4, -0.2) is 33.2 Å². The van der Waals surface area contributed by atoms with Gasteiger partial charge in [-0.2, -0.15) is 5.10 Å². The molecule has 0 saturated carbocycles. The third kappa shape index (κ3) is 2.61. The van der Waals surface area contributed by atoms with Crippen LogP contribution in [0.2, 0.25) is 0 Å². The van der Waals surface area contributed by atoms with Crippen molar-refractivity contribution in [2.45, 2.75) is 32.9 Å². The third-order valence-corrected chi connectivity index (χ3v) is 2.60. The topological polar surface area (TPSA) is 64.2 Å². The van der Waals surface area contributed by atoms with Crippen molar-refractivity contribution >= 4 is 5.91 Å². The molecule has 5 nitrogen and oxygen atoms in total. The number of amides is 1. The number of likely N-dealkylation sites (N-methyl/N-ethyl adjacent to an activating group) is 1. The number of hydrogen-bond donors (Lipinski definition) is 1. The lowest BCUT2D eigenvalue weighted by atomic mass is 10.1. The highest BCUT2D eigenvalue weighted by atomic mass is 16.2. The minimum atomic E-state index is -0.615.